The summed E-state index contributed by atoms with van der Waals surface area (Å²) in [6.45, 7) is 3.44. The van der Waals surface area contributed by atoms with Crippen LogP contribution in [0.2, 0.25) is 0 Å². The van der Waals surface area contributed by atoms with Gasteiger partial charge in [0.15, 0.2) is 0 Å². The Balaban J connectivity index is 2.86. The number of aliphatic hydroxyl groups is 2. The minimum absolute atomic E-state index is 0.162. The van der Waals surface area contributed by atoms with Crippen LogP contribution >= 0.6 is 0 Å². The molecule has 6 nitrogen and oxygen atoms in total. The minimum atomic E-state index is -1.11. The first-order valence-corrected chi connectivity index (χ1v) is 4.87. The number of hydrogen-bond donors (Lipinski definition) is 2. The van der Waals surface area contributed by atoms with Gasteiger partial charge in [-0.25, -0.2) is 0 Å². The molecule has 0 amide bonds. The van der Waals surface area contributed by atoms with Gasteiger partial charge in [0, 0.05) is 21.9 Å². The molecule has 16 heavy (non-hydrogen) atoms. The van der Waals surface area contributed by atoms with Crippen LogP contribution in [-0.4, -0.2) is 27.8 Å². The molecule has 6 heteroatoms. The highest BCUT2D eigenvalue weighted by Gasteiger charge is 2.19. The van der Waals surface area contributed by atoms with Crippen LogP contribution in [0.4, 0.5) is 0 Å². The van der Waals surface area contributed by atoms with Gasteiger partial charge >= 0.3 is 0 Å². The zero-order valence-corrected chi connectivity index (χ0v) is 9.20. The van der Waals surface area contributed by atoms with Crippen molar-refractivity contribution in [3.05, 3.63) is 39.5 Å². The number of nitrogens with zero attached hydrogens (tertiary/aromatic N) is 4. The van der Waals surface area contributed by atoms with Crippen molar-refractivity contribution in [1.82, 2.24) is 4.98 Å². The third-order valence-electron chi connectivity index (χ3n) is 2.28. The summed E-state index contributed by atoms with van der Waals surface area (Å²) < 4.78 is 0. The first-order chi connectivity index (χ1) is 7.56. The molecule has 1 aromatic rings. The fourth-order valence-corrected chi connectivity index (χ4v) is 1.44. The molecular formula is C10H14N4O2. The molecule has 2 atom stereocenters. The zero-order valence-electron chi connectivity index (χ0n) is 9.20. The van der Waals surface area contributed by atoms with Gasteiger partial charge in [-0.15, -0.1) is 0 Å². The third-order valence-corrected chi connectivity index (χ3v) is 2.28. The molecule has 0 aliphatic carbocycles. The number of pyridine rings is 1. The van der Waals surface area contributed by atoms with E-state index in [0.29, 0.717) is 11.3 Å². The van der Waals surface area contributed by atoms with Crippen LogP contribution in [0.1, 0.15) is 23.1 Å². The summed E-state index contributed by atoms with van der Waals surface area (Å²) in [6, 6.07) is 3.47. The molecule has 0 bridgehead atoms. The first kappa shape index (κ1) is 12.4. The number of aliphatic hydroxyl groups excluding tert-OH is 2. The number of rotatable bonds is 4. The van der Waals surface area contributed by atoms with Crippen LogP contribution < -0.4 is 0 Å². The van der Waals surface area contributed by atoms with Crippen molar-refractivity contribution >= 4 is 0 Å². The predicted molar refractivity (Wildman–Crippen MR) is 58.7 cm³/mol. The smallest absolute Gasteiger partial charge is 0.107 e. The van der Waals surface area contributed by atoms with Crippen molar-refractivity contribution in [2.45, 2.75) is 26.1 Å². The molecule has 0 saturated heterocycles. The molecule has 0 aliphatic rings. The molecular weight excluding hydrogens is 208 g/mol. The van der Waals surface area contributed by atoms with Gasteiger partial charge in [-0.05, 0) is 25.4 Å². The average molecular weight is 222 g/mol. The maximum Gasteiger partial charge on any atom is 0.107 e. The highest BCUT2D eigenvalue weighted by atomic mass is 16.3. The third kappa shape index (κ3) is 2.93. The summed E-state index contributed by atoms with van der Waals surface area (Å²) in [5.74, 6) is 0. The van der Waals surface area contributed by atoms with E-state index in [1.54, 1.807) is 19.1 Å². The average Bonchev–Trinajstić information content (AvgIpc) is 2.25. The van der Waals surface area contributed by atoms with Gasteiger partial charge in [-0.3, -0.25) is 4.98 Å². The second-order valence-electron chi connectivity index (χ2n) is 3.55. The van der Waals surface area contributed by atoms with E-state index in [-0.39, 0.29) is 6.54 Å². The largest absolute Gasteiger partial charge is 0.390 e. The Morgan fingerprint density at radius 2 is 2.12 bits per heavy atom. The van der Waals surface area contributed by atoms with Crippen LogP contribution in [0.15, 0.2) is 17.2 Å². The van der Waals surface area contributed by atoms with E-state index in [2.05, 4.69) is 15.0 Å². The molecule has 1 aromatic heterocycles. The van der Waals surface area contributed by atoms with Crippen molar-refractivity contribution < 1.29 is 10.2 Å². The Morgan fingerprint density at radius 1 is 1.44 bits per heavy atom. The van der Waals surface area contributed by atoms with Crippen LogP contribution in [0.3, 0.4) is 0 Å². The molecule has 0 aliphatic heterocycles. The van der Waals surface area contributed by atoms with E-state index >= 15 is 0 Å². The fourth-order valence-electron chi connectivity index (χ4n) is 1.44. The number of azide groups is 1. The molecule has 1 rings (SSSR count). The fraction of sp³-hybridized carbons (Fsp3) is 0.500. The topological polar surface area (TPSA) is 102 Å². The Morgan fingerprint density at radius 3 is 2.69 bits per heavy atom. The maximum atomic E-state index is 9.81. The highest BCUT2D eigenvalue weighted by Crippen LogP contribution is 2.20. The summed E-state index contributed by atoms with van der Waals surface area (Å²) >= 11 is 0. The van der Waals surface area contributed by atoms with E-state index in [4.69, 9.17) is 5.53 Å². The van der Waals surface area contributed by atoms with Crippen molar-refractivity contribution in [3.8, 4) is 0 Å². The number of hydrogen-bond acceptors (Lipinski definition) is 4. The summed E-state index contributed by atoms with van der Waals surface area (Å²) in [5, 5.41) is 22.6. The Hall–Kier alpha value is -1.62. The van der Waals surface area contributed by atoms with Gasteiger partial charge in [-0.2, -0.15) is 0 Å². The predicted octanol–water partition coefficient (Wildman–Crippen LogP) is 1.40. The standard InChI is InChI=1S/C10H14N4O2/c1-6-3-4-8(7(2)13-6)10(16)9(15)5-12-14-11/h3-4,9-10,15-16H,5H2,1-2H3. The summed E-state index contributed by atoms with van der Waals surface area (Å²) in [6.07, 6.45) is -2.20. The number of aromatic nitrogens is 1. The lowest BCUT2D eigenvalue weighted by atomic mass is 10.0. The molecule has 0 saturated carbocycles. The second kappa shape index (κ2) is 5.46. The van der Waals surface area contributed by atoms with Gasteiger partial charge in [0.2, 0.25) is 0 Å². The lowest BCUT2D eigenvalue weighted by Gasteiger charge is -2.17. The quantitative estimate of drug-likeness (QED) is 0.457. The second-order valence-corrected chi connectivity index (χ2v) is 3.55. The van der Waals surface area contributed by atoms with E-state index < -0.39 is 12.2 Å². The minimum Gasteiger partial charge on any atom is -0.390 e. The molecule has 0 spiro atoms. The highest BCUT2D eigenvalue weighted by molar-refractivity contribution is 5.24. The van der Waals surface area contributed by atoms with Crippen LogP contribution in [-0.2, 0) is 0 Å². The molecule has 0 aromatic carbocycles. The first-order valence-electron chi connectivity index (χ1n) is 4.87. The van der Waals surface area contributed by atoms with E-state index in [1.165, 1.54) is 0 Å². The molecule has 0 radical (unpaired) electrons. The Kier molecular flexibility index (Phi) is 4.25. The maximum absolute atomic E-state index is 9.81. The van der Waals surface area contributed by atoms with E-state index in [0.717, 1.165) is 5.69 Å². The van der Waals surface area contributed by atoms with Crippen LogP contribution in [0.25, 0.3) is 10.4 Å². The SMILES string of the molecule is Cc1ccc(C(O)C(O)CN=[N+]=[N-])c(C)n1. The van der Waals surface area contributed by atoms with Gasteiger partial charge in [-0.1, -0.05) is 11.2 Å². The Labute approximate surface area is 93.2 Å². The molecule has 0 fully saturated rings. The van der Waals surface area contributed by atoms with Gasteiger partial charge in [0.25, 0.3) is 0 Å². The van der Waals surface area contributed by atoms with Gasteiger partial charge in [0.1, 0.15) is 6.10 Å². The lowest BCUT2D eigenvalue weighted by Crippen LogP contribution is -2.22. The van der Waals surface area contributed by atoms with Gasteiger partial charge in [0.05, 0.1) is 12.6 Å². The summed E-state index contributed by atoms with van der Waals surface area (Å²) in [7, 11) is 0. The van der Waals surface area contributed by atoms with Crippen molar-refractivity contribution in [2.75, 3.05) is 6.54 Å². The Bertz CT molecular complexity index is 415. The van der Waals surface area contributed by atoms with Crippen molar-refractivity contribution in [3.63, 3.8) is 0 Å². The normalized spacial score (nSPS) is 14.0. The van der Waals surface area contributed by atoms with Crippen molar-refractivity contribution in [2.24, 2.45) is 5.11 Å². The lowest BCUT2D eigenvalue weighted by molar-refractivity contribution is 0.0238. The zero-order chi connectivity index (χ0) is 12.1. The van der Waals surface area contributed by atoms with E-state index in [9.17, 15) is 10.2 Å². The molecule has 1 heterocycles. The monoisotopic (exact) mass is 222 g/mol. The summed E-state index contributed by atoms with van der Waals surface area (Å²) in [5.41, 5.74) is 10.2. The number of aryl methyl sites for hydroxylation is 2. The van der Waals surface area contributed by atoms with Crippen molar-refractivity contribution in [1.29, 1.82) is 0 Å². The van der Waals surface area contributed by atoms with Crippen LogP contribution in [0, 0.1) is 13.8 Å². The molecule has 2 N–H and O–H groups in total. The molecule has 86 valence electrons. The summed E-state index contributed by atoms with van der Waals surface area (Å²) in [4.78, 5) is 6.71. The van der Waals surface area contributed by atoms with Gasteiger partial charge < -0.3 is 10.2 Å². The van der Waals surface area contributed by atoms with Crippen LogP contribution in [0.5, 0.6) is 0 Å². The van der Waals surface area contributed by atoms with E-state index in [1.807, 2.05) is 6.92 Å². The molecule has 2 unspecified atom stereocenters.